The topological polar surface area (TPSA) is 87.4 Å². The molecule has 0 aliphatic heterocycles. The van der Waals surface area contributed by atoms with Crippen LogP contribution in [0.4, 0.5) is 8.78 Å². The van der Waals surface area contributed by atoms with Crippen LogP contribution >= 0.6 is 0 Å². The maximum atomic E-state index is 13.6. The summed E-state index contributed by atoms with van der Waals surface area (Å²) in [5.74, 6) is -3.26. The smallest absolute Gasteiger partial charge is 0.253 e. The van der Waals surface area contributed by atoms with Gasteiger partial charge in [-0.05, 0) is 18.7 Å². The van der Waals surface area contributed by atoms with Crippen LogP contribution in [-0.2, 0) is 7.05 Å². The second kappa shape index (κ2) is 6.81. The van der Waals surface area contributed by atoms with Gasteiger partial charge in [-0.2, -0.15) is 10.2 Å². The van der Waals surface area contributed by atoms with Gasteiger partial charge in [0.2, 0.25) is 0 Å². The number of hydrogen-bond acceptors (Lipinski definition) is 5. The summed E-state index contributed by atoms with van der Waals surface area (Å²) in [5.41, 5.74) is 8.91. The van der Waals surface area contributed by atoms with E-state index in [1.807, 2.05) is 20.2 Å². The molecule has 0 aromatic carbocycles. The molecule has 1 fully saturated rings. The standard InChI is InChI=1S/C19H21F2N7/c1-3-17(14-6-19(14,20)21)28-11-13(8-25-28)18-15(4-5-22)23-9-16(26-18)12-7-24-27(2)10-12/h4-5,7-11,14,17H,3,6,22H2,1-2H3. The molecule has 4 rings (SSSR count). The highest BCUT2D eigenvalue weighted by molar-refractivity contribution is 5.71. The minimum Gasteiger partial charge on any atom is -0.405 e. The normalized spacial score (nSPS) is 19.2. The number of alkyl halides is 2. The fourth-order valence-electron chi connectivity index (χ4n) is 3.47. The molecule has 0 radical (unpaired) electrons. The summed E-state index contributed by atoms with van der Waals surface area (Å²) >= 11 is 0. The third-order valence-electron chi connectivity index (χ3n) is 5.03. The Kier molecular flexibility index (Phi) is 4.44. The summed E-state index contributed by atoms with van der Waals surface area (Å²) in [6, 6.07) is -0.341. The van der Waals surface area contributed by atoms with Crippen LogP contribution < -0.4 is 5.73 Å². The van der Waals surface area contributed by atoms with E-state index in [2.05, 4.69) is 15.2 Å². The SMILES string of the molecule is CCC(C1CC1(F)F)n1cc(-c2nc(-c3cnn(C)c3)cnc2C=CN)cn1. The largest absolute Gasteiger partial charge is 0.405 e. The maximum absolute atomic E-state index is 13.6. The van der Waals surface area contributed by atoms with E-state index in [9.17, 15) is 8.78 Å². The maximum Gasteiger partial charge on any atom is 0.253 e. The van der Waals surface area contributed by atoms with Crippen molar-refractivity contribution in [3.8, 4) is 22.5 Å². The summed E-state index contributed by atoms with van der Waals surface area (Å²) in [6.07, 6.45) is 12.1. The van der Waals surface area contributed by atoms with Crippen LogP contribution in [0.1, 0.15) is 31.5 Å². The molecule has 0 bridgehead atoms. The number of nitrogens with zero attached hydrogens (tertiary/aromatic N) is 6. The van der Waals surface area contributed by atoms with Gasteiger partial charge in [-0.1, -0.05) is 6.92 Å². The molecular formula is C19H21F2N7. The molecule has 3 heterocycles. The molecule has 0 spiro atoms. The number of rotatable bonds is 6. The van der Waals surface area contributed by atoms with Gasteiger partial charge < -0.3 is 5.73 Å². The van der Waals surface area contributed by atoms with Crippen molar-refractivity contribution in [1.82, 2.24) is 29.5 Å². The van der Waals surface area contributed by atoms with Crippen LogP contribution in [0, 0.1) is 5.92 Å². The fourth-order valence-corrected chi connectivity index (χ4v) is 3.47. The zero-order valence-corrected chi connectivity index (χ0v) is 15.6. The third-order valence-corrected chi connectivity index (χ3v) is 5.03. The van der Waals surface area contributed by atoms with Crippen molar-refractivity contribution < 1.29 is 8.78 Å². The summed E-state index contributed by atoms with van der Waals surface area (Å²) in [4.78, 5) is 9.16. The first-order chi connectivity index (χ1) is 13.4. The average Bonchev–Trinajstić information content (AvgIpc) is 3.05. The van der Waals surface area contributed by atoms with Gasteiger partial charge in [-0.25, -0.2) is 13.8 Å². The first kappa shape index (κ1) is 18.3. The van der Waals surface area contributed by atoms with Crippen molar-refractivity contribution in [2.45, 2.75) is 31.7 Å². The van der Waals surface area contributed by atoms with E-state index in [1.165, 1.54) is 6.20 Å². The van der Waals surface area contributed by atoms with Crippen LogP contribution in [0.5, 0.6) is 0 Å². The van der Waals surface area contributed by atoms with E-state index < -0.39 is 11.8 Å². The Morgan fingerprint density at radius 1 is 1.25 bits per heavy atom. The first-order valence-electron chi connectivity index (χ1n) is 9.09. The Bertz CT molecular complexity index is 1020. The van der Waals surface area contributed by atoms with Crippen molar-refractivity contribution in [3.05, 3.63) is 42.9 Å². The molecule has 2 N–H and O–H groups in total. The van der Waals surface area contributed by atoms with E-state index in [1.54, 1.807) is 40.2 Å². The third kappa shape index (κ3) is 3.28. The van der Waals surface area contributed by atoms with Gasteiger partial charge in [0.15, 0.2) is 0 Å². The zero-order valence-electron chi connectivity index (χ0n) is 15.6. The number of halogens is 2. The molecule has 7 nitrogen and oxygen atoms in total. The minimum absolute atomic E-state index is 0.0852. The van der Waals surface area contributed by atoms with E-state index in [4.69, 9.17) is 10.7 Å². The van der Waals surface area contributed by atoms with Gasteiger partial charge in [0.05, 0.1) is 47.6 Å². The van der Waals surface area contributed by atoms with Crippen LogP contribution in [-0.4, -0.2) is 35.5 Å². The van der Waals surface area contributed by atoms with Gasteiger partial charge in [-0.3, -0.25) is 14.3 Å². The average molecular weight is 385 g/mol. The van der Waals surface area contributed by atoms with Crippen molar-refractivity contribution in [1.29, 1.82) is 0 Å². The molecule has 1 aliphatic rings. The minimum atomic E-state index is -2.60. The lowest BCUT2D eigenvalue weighted by atomic mass is 10.1. The predicted octanol–water partition coefficient (Wildman–Crippen LogP) is 3.28. The zero-order chi connectivity index (χ0) is 19.9. The monoisotopic (exact) mass is 385 g/mol. The van der Waals surface area contributed by atoms with Crippen molar-refractivity contribution in [2.75, 3.05) is 0 Å². The van der Waals surface area contributed by atoms with Crippen LogP contribution in [0.3, 0.4) is 0 Å². The van der Waals surface area contributed by atoms with Gasteiger partial charge in [-0.15, -0.1) is 0 Å². The second-order valence-electron chi connectivity index (χ2n) is 7.01. The summed E-state index contributed by atoms with van der Waals surface area (Å²) in [5, 5.41) is 8.50. The summed E-state index contributed by atoms with van der Waals surface area (Å²) in [6.45, 7) is 1.89. The van der Waals surface area contributed by atoms with Crippen molar-refractivity contribution >= 4 is 6.08 Å². The van der Waals surface area contributed by atoms with Crippen LogP contribution in [0.2, 0.25) is 0 Å². The lowest BCUT2D eigenvalue weighted by Crippen LogP contribution is -2.14. The van der Waals surface area contributed by atoms with Crippen molar-refractivity contribution in [3.63, 3.8) is 0 Å². The molecular weight excluding hydrogens is 364 g/mol. The van der Waals surface area contributed by atoms with E-state index in [0.717, 1.165) is 5.56 Å². The Hall–Kier alpha value is -3.10. The predicted molar refractivity (Wildman–Crippen MR) is 101 cm³/mol. The number of aryl methyl sites for hydroxylation is 1. The Morgan fingerprint density at radius 2 is 2.00 bits per heavy atom. The highest BCUT2D eigenvalue weighted by Gasteiger charge is 2.60. The lowest BCUT2D eigenvalue weighted by Gasteiger charge is -2.14. The van der Waals surface area contributed by atoms with Gasteiger partial charge in [0.1, 0.15) is 0 Å². The van der Waals surface area contributed by atoms with E-state index in [0.29, 0.717) is 29.1 Å². The summed E-state index contributed by atoms with van der Waals surface area (Å²) in [7, 11) is 1.83. The number of aromatic nitrogens is 6. The highest BCUT2D eigenvalue weighted by atomic mass is 19.3. The molecule has 3 aromatic rings. The van der Waals surface area contributed by atoms with Crippen LogP contribution in [0.25, 0.3) is 28.6 Å². The van der Waals surface area contributed by atoms with E-state index in [-0.39, 0.29) is 12.5 Å². The van der Waals surface area contributed by atoms with Crippen LogP contribution in [0.15, 0.2) is 37.2 Å². The molecule has 28 heavy (non-hydrogen) atoms. The Labute approximate surface area is 160 Å². The molecule has 3 aromatic heterocycles. The number of nitrogens with two attached hydrogens (primary N) is 1. The van der Waals surface area contributed by atoms with Gasteiger partial charge in [0, 0.05) is 37.0 Å². The molecule has 1 saturated carbocycles. The lowest BCUT2D eigenvalue weighted by molar-refractivity contribution is 0.0835. The molecule has 0 amide bonds. The molecule has 1 aliphatic carbocycles. The molecule has 9 heteroatoms. The Balaban J connectivity index is 1.72. The molecule has 2 atom stereocenters. The van der Waals surface area contributed by atoms with Crippen molar-refractivity contribution in [2.24, 2.45) is 18.7 Å². The van der Waals surface area contributed by atoms with Gasteiger partial charge in [0.25, 0.3) is 5.92 Å². The first-order valence-corrected chi connectivity index (χ1v) is 9.09. The fraction of sp³-hybridized carbons (Fsp3) is 0.368. The number of hydrogen-bond donors (Lipinski definition) is 1. The molecule has 146 valence electrons. The highest BCUT2D eigenvalue weighted by Crippen LogP contribution is 2.55. The molecule has 2 unspecified atom stereocenters. The molecule has 0 saturated heterocycles. The van der Waals surface area contributed by atoms with E-state index >= 15 is 0 Å². The Morgan fingerprint density at radius 3 is 2.61 bits per heavy atom. The summed E-state index contributed by atoms with van der Waals surface area (Å²) < 4.78 is 30.4. The quantitative estimate of drug-likeness (QED) is 0.704. The second-order valence-corrected chi connectivity index (χ2v) is 7.01. The van der Waals surface area contributed by atoms with Gasteiger partial charge >= 0.3 is 0 Å².